The van der Waals surface area contributed by atoms with Crippen LogP contribution in [0.3, 0.4) is 0 Å². The molecule has 0 atom stereocenters. The van der Waals surface area contributed by atoms with Gasteiger partial charge in [-0.15, -0.1) is 0 Å². The van der Waals surface area contributed by atoms with Crippen molar-refractivity contribution in [2.24, 2.45) is 16.1 Å². The van der Waals surface area contributed by atoms with Gasteiger partial charge in [0.15, 0.2) is 0 Å². The van der Waals surface area contributed by atoms with Gasteiger partial charge in [0, 0.05) is 11.8 Å². The SMILES string of the molecule is CC1(C)Oc2ccc(-c3cc(Cl)cnc3F)cc2N=C(N)OCCC12COC2. The molecule has 148 valence electrons. The molecule has 28 heavy (non-hydrogen) atoms. The third-order valence-corrected chi connectivity index (χ3v) is 5.74. The molecule has 3 heterocycles. The fourth-order valence-corrected chi connectivity index (χ4v) is 3.67. The van der Waals surface area contributed by atoms with E-state index in [1.54, 1.807) is 18.2 Å². The molecule has 1 saturated heterocycles. The molecule has 1 spiro atoms. The van der Waals surface area contributed by atoms with Crippen molar-refractivity contribution in [3.05, 3.63) is 41.4 Å². The normalized spacial score (nSPS) is 20.2. The molecule has 8 heteroatoms. The van der Waals surface area contributed by atoms with E-state index in [1.807, 2.05) is 13.8 Å². The van der Waals surface area contributed by atoms with Gasteiger partial charge in [0.1, 0.15) is 17.0 Å². The van der Waals surface area contributed by atoms with Crippen LogP contribution in [0.1, 0.15) is 20.3 Å². The standard InChI is InChI=1S/C20H21ClFN3O3/c1-19(2)20(10-26-11-20)5-6-27-18(23)25-15-7-12(3-4-16(15)28-19)14-8-13(21)9-24-17(14)22/h3-4,7-9H,5-6,10-11H2,1-2H3,(H2,23,25). The highest BCUT2D eigenvalue weighted by atomic mass is 35.5. The van der Waals surface area contributed by atoms with E-state index in [0.717, 1.165) is 6.42 Å². The fourth-order valence-electron chi connectivity index (χ4n) is 3.51. The van der Waals surface area contributed by atoms with Crippen molar-refractivity contribution < 1.29 is 18.6 Å². The van der Waals surface area contributed by atoms with Gasteiger partial charge in [-0.25, -0.2) is 4.98 Å². The minimum absolute atomic E-state index is 0.0294. The zero-order chi connectivity index (χ0) is 19.9. The number of aromatic nitrogens is 1. The summed E-state index contributed by atoms with van der Waals surface area (Å²) >= 11 is 5.98. The first-order chi connectivity index (χ1) is 13.3. The molecule has 2 aromatic rings. The lowest BCUT2D eigenvalue weighted by Gasteiger charge is -2.52. The van der Waals surface area contributed by atoms with Crippen LogP contribution in [-0.4, -0.2) is 36.4 Å². The summed E-state index contributed by atoms with van der Waals surface area (Å²) in [6, 6.07) is 6.72. The summed E-state index contributed by atoms with van der Waals surface area (Å²) in [7, 11) is 0. The first kappa shape index (κ1) is 19.0. The molecular weight excluding hydrogens is 385 g/mol. The minimum Gasteiger partial charge on any atom is -0.485 e. The number of rotatable bonds is 1. The molecule has 6 nitrogen and oxygen atoms in total. The molecule has 0 saturated carbocycles. The maximum Gasteiger partial charge on any atom is 0.287 e. The highest BCUT2D eigenvalue weighted by Gasteiger charge is 2.53. The second-order valence-corrected chi connectivity index (χ2v) is 8.04. The molecule has 4 rings (SSSR count). The van der Waals surface area contributed by atoms with Gasteiger partial charge in [-0.2, -0.15) is 9.38 Å². The highest BCUT2D eigenvalue weighted by Crippen LogP contribution is 2.47. The Morgan fingerprint density at radius 2 is 2.00 bits per heavy atom. The van der Waals surface area contributed by atoms with Crippen LogP contribution < -0.4 is 10.5 Å². The number of hydrogen-bond donors (Lipinski definition) is 1. The molecule has 1 aromatic heterocycles. The summed E-state index contributed by atoms with van der Waals surface area (Å²) in [6.07, 6.45) is 2.00. The maximum absolute atomic E-state index is 14.2. The number of fused-ring (bicyclic) bond motifs is 1. The predicted molar refractivity (Wildman–Crippen MR) is 104 cm³/mol. The molecule has 0 amide bonds. The molecule has 2 aliphatic heterocycles. The first-order valence-electron chi connectivity index (χ1n) is 8.99. The molecule has 0 aliphatic carbocycles. The second-order valence-electron chi connectivity index (χ2n) is 7.61. The van der Waals surface area contributed by atoms with E-state index in [2.05, 4.69) is 9.98 Å². The zero-order valence-electron chi connectivity index (χ0n) is 15.7. The summed E-state index contributed by atoms with van der Waals surface area (Å²) < 4.78 is 31.7. The van der Waals surface area contributed by atoms with Crippen molar-refractivity contribution >= 4 is 23.3 Å². The Hall–Kier alpha value is -2.38. The number of halogens is 2. The molecule has 1 fully saturated rings. The molecule has 0 unspecified atom stereocenters. The van der Waals surface area contributed by atoms with E-state index in [1.165, 1.54) is 12.3 Å². The highest BCUT2D eigenvalue weighted by molar-refractivity contribution is 6.30. The average molecular weight is 406 g/mol. The first-order valence-corrected chi connectivity index (χ1v) is 9.37. The summed E-state index contributed by atoms with van der Waals surface area (Å²) in [5, 5.41) is 0.340. The Labute approximate surface area is 167 Å². The van der Waals surface area contributed by atoms with Crippen LogP contribution >= 0.6 is 11.6 Å². The second kappa shape index (κ2) is 6.90. The van der Waals surface area contributed by atoms with Gasteiger partial charge < -0.3 is 19.9 Å². The van der Waals surface area contributed by atoms with Crippen molar-refractivity contribution in [1.29, 1.82) is 0 Å². The largest absolute Gasteiger partial charge is 0.485 e. The van der Waals surface area contributed by atoms with Crippen LogP contribution in [-0.2, 0) is 9.47 Å². The lowest BCUT2D eigenvalue weighted by Crippen LogP contribution is -2.60. The van der Waals surface area contributed by atoms with Gasteiger partial charge >= 0.3 is 0 Å². The predicted octanol–water partition coefficient (Wildman–Crippen LogP) is 4.08. The van der Waals surface area contributed by atoms with E-state index in [9.17, 15) is 4.39 Å². The summed E-state index contributed by atoms with van der Waals surface area (Å²) in [6.45, 7) is 5.65. The number of pyridine rings is 1. The van der Waals surface area contributed by atoms with Crippen molar-refractivity contribution in [2.75, 3.05) is 19.8 Å². The van der Waals surface area contributed by atoms with Gasteiger partial charge in [-0.3, -0.25) is 0 Å². The number of nitrogens with zero attached hydrogens (tertiary/aromatic N) is 2. The van der Waals surface area contributed by atoms with Gasteiger partial charge in [0.2, 0.25) is 5.95 Å². The number of benzene rings is 1. The summed E-state index contributed by atoms with van der Waals surface area (Å²) in [5.41, 5.74) is 6.51. The van der Waals surface area contributed by atoms with Crippen LogP contribution in [0.15, 0.2) is 35.5 Å². The van der Waals surface area contributed by atoms with Crippen LogP contribution in [0, 0.1) is 11.4 Å². The van der Waals surface area contributed by atoms with Crippen molar-refractivity contribution in [3.63, 3.8) is 0 Å². The van der Waals surface area contributed by atoms with E-state index < -0.39 is 11.5 Å². The van der Waals surface area contributed by atoms with E-state index >= 15 is 0 Å². The third-order valence-electron chi connectivity index (χ3n) is 5.54. The Morgan fingerprint density at radius 3 is 2.71 bits per heavy atom. The minimum atomic E-state index is -0.621. The quantitative estimate of drug-likeness (QED) is 0.723. The van der Waals surface area contributed by atoms with Crippen molar-refractivity contribution in [2.45, 2.75) is 25.9 Å². The zero-order valence-corrected chi connectivity index (χ0v) is 16.4. The number of hydrogen-bond acceptors (Lipinski definition) is 6. The van der Waals surface area contributed by atoms with Crippen LogP contribution in [0.4, 0.5) is 10.1 Å². The number of nitrogens with two attached hydrogens (primary N) is 1. The fraction of sp³-hybridized carbons (Fsp3) is 0.400. The lowest BCUT2D eigenvalue weighted by atomic mass is 9.69. The lowest BCUT2D eigenvalue weighted by molar-refractivity contribution is -0.205. The molecular formula is C20H21ClFN3O3. The topological polar surface area (TPSA) is 79.0 Å². The maximum atomic E-state index is 14.2. The Morgan fingerprint density at radius 1 is 1.21 bits per heavy atom. The molecule has 0 radical (unpaired) electrons. The monoisotopic (exact) mass is 405 g/mol. The average Bonchev–Trinajstić information content (AvgIpc) is 2.60. The number of aliphatic imine (C=N–C) groups is 1. The number of ether oxygens (including phenoxy) is 3. The van der Waals surface area contributed by atoms with Crippen molar-refractivity contribution in [1.82, 2.24) is 4.98 Å². The smallest absolute Gasteiger partial charge is 0.287 e. The Bertz CT molecular complexity index is 944. The molecule has 2 N–H and O–H groups in total. The molecule has 1 aromatic carbocycles. The van der Waals surface area contributed by atoms with Gasteiger partial charge in [0.25, 0.3) is 6.02 Å². The van der Waals surface area contributed by atoms with Crippen LogP contribution in [0.5, 0.6) is 5.75 Å². The summed E-state index contributed by atoms with van der Waals surface area (Å²) in [4.78, 5) is 8.01. The Balaban J connectivity index is 1.79. The summed E-state index contributed by atoms with van der Waals surface area (Å²) in [5.74, 6) is -0.0897. The molecule has 2 aliphatic rings. The third kappa shape index (κ3) is 3.29. The van der Waals surface area contributed by atoms with Crippen LogP contribution in [0.25, 0.3) is 11.1 Å². The number of amidine groups is 1. The van der Waals surface area contributed by atoms with E-state index in [4.69, 9.17) is 31.5 Å². The van der Waals surface area contributed by atoms with Crippen LogP contribution in [0.2, 0.25) is 5.02 Å². The van der Waals surface area contributed by atoms with E-state index in [0.29, 0.717) is 41.8 Å². The van der Waals surface area contributed by atoms with Gasteiger partial charge in [0.05, 0.1) is 30.3 Å². The Kier molecular flexibility index (Phi) is 4.67. The van der Waals surface area contributed by atoms with Gasteiger partial charge in [-0.05, 0) is 44.0 Å². The van der Waals surface area contributed by atoms with Crippen molar-refractivity contribution in [3.8, 4) is 16.9 Å². The van der Waals surface area contributed by atoms with Gasteiger partial charge in [-0.1, -0.05) is 17.7 Å². The van der Waals surface area contributed by atoms with E-state index in [-0.39, 0.29) is 17.0 Å². The molecule has 0 bridgehead atoms.